The Morgan fingerprint density at radius 3 is 1.49 bits per heavy atom. The van der Waals surface area contributed by atoms with Gasteiger partial charge in [-0.3, -0.25) is 4.55 Å². The molecular weight excluding hydrogens is 813 g/mol. The molecule has 340 valence electrons. The third-order valence-corrected chi connectivity index (χ3v) is 13.6. The minimum atomic E-state index is -4.03. The maximum atomic E-state index is 11.7. The lowest BCUT2D eigenvalue weighted by Crippen LogP contribution is -2.30. The molecule has 0 saturated heterocycles. The molecule has 0 heterocycles. The zero-order valence-corrected chi connectivity index (χ0v) is 38.6. The number of benzene rings is 4. The third kappa shape index (κ3) is 12.0. The van der Waals surface area contributed by atoms with Crippen LogP contribution in [0.15, 0.2) is 79.4 Å². The number of ether oxygens (including phenoxy) is 6. The summed E-state index contributed by atoms with van der Waals surface area (Å²) in [5.74, 6) is -0.224. The molecule has 0 aromatic heterocycles. The van der Waals surface area contributed by atoms with Gasteiger partial charge in [0.15, 0.2) is 0 Å². The molecule has 6 rings (SSSR count). The van der Waals surface area contributed by atoms with Crippen LogP contribution in [-0.4, -0.2) is 99.0 Å². The third-order valence-electron chi connectivity index (χ3n) is 12.8. The van der Waals surface area contributed by atoms with Crippen LogP contribution in [0.1, 0.15) is 104 Å². The van der Waals surface area contributed by atoms with Crippen LogP contribution >= 0.6 is 0 Å². The van der Waals surface area contributed by atoms with Crippen molar-refractivity contribution in [2.24, 2.45) is 0 Å². The fraction of sp³-hybridized carbons (Fsp3) is 0.472. The summed E-state index contributed by atoms with van der Waals surface area (Å²) in [4.78, 5) is 0. The van der Waals surface area contributed by atoms with E-state index in [1.54, 1.807) is 14.2 Å². The number of hydrogen-bond acceptors (Lipinski definition) is 8. The Kier molecular flexibility index (Phi) is 17.4. The second-order valence-corrected chi connectivity index (χ2v) is 18.5. The fourth-order valence-corrected chi connectivity index (χ4v) is 10.2. The van der Waals surface area contributed by atoms with E-state index in [4.69, 9.17) is 29.8 Å². The van der Waals surface area contributed by atoms with E-state index in [9.17, 15) is 13.0 Å². The standard InChI is InChI=1S/C53H68O9S/c1-6-8-21-52(22-9-10-35-63(54,55)56)48-36-40(3)11-17-44(48)46-19-15-42(38-50(46)52)12-13-43-16-20-47-45-18-14-41(7-2)37-49(45)53(51(47)39-43,23-25-59-31-33-61-29-27-57-4)24-26-60-32-34-62-30-28-58-5/h7,11-20,36-39H,2,6,8-10,21-35H2,1,3-5H3,(H,54,55,56)/b13-12+/i2T/b7-2?,13-12+. The number of rotatable bonds is 29. The zero-order chi connectivity index (χ0) is 45.4. The van der Waals surface area contributed by atoms with Gasteiger partial charge in [-0.25, -0.2) is 0 Å². The Hall–Kier alpha value is -3.97. The fourth-order valence-electron chi connectivity index (χ4n) is 9.60. The summed E-state index contributed by atoms with van der Waals surface area (Å²) >= 11 is 0. The van der Waals surface area contributed by atoms with Gasteiger partial charge in [0.2, 0.25) is 0 Å². The predicted octanol–water partition coefficient (Wildman–Crippen LogP) is 10.7. The van der Waals surface area contributed by atoms with Crippen molar-refractivity contribution < 1.29 is 42.8 Å². The topological polar surface area (TPSA) is 110 Å². The molecule has 1 N–H and O–H groups in total. The van der Waals surface area contributed by atoms with Gasteiger partial charge in [0, 0.05) is 38.3 Å². The molecule has 10 heteroatoms. The van der Waals surface area contributed by atoms with E-state index in [1.165, 1.54) is 56.6 Å². The number of fused-ring (bicyclic) bond motifs is 6. The number of aryl methyl sites for hydroxylation is 1. The highest BCUT2D eigenvalue weighted by atomic mass is 32.2. The molecule has 0 radical (unpaired) electrons. The van der Waals surface area contributed by atoms with Gasteiger partial charge in [0.1, 0.15) is 0 Å². The lowest BCUT2D eigenvalue weighted by molar-refractivity contribution is 0.0145. The van der Waals surface area contributed by atoms with Crippen LogP contribution in [0.3, 0.4) is 0 Å². The highest BCUT2D eigenvalue weighted by Gasteiger charge is 2.44. The van der Waals surface area contributed by atoms with Crippen LogP contribution in [0.25, 0.3) is 40.5 Å². The van der Waals surface area contributed by atoms with Gasteiger partial charge in [0.25, 0.3) is 10.1 Å². The van der Waals surface area contributed by atoms with E-state index >= 15 is 0 Å². The molecule has 0 amide bonds. The summed E-state index contributed by atoms with van der Waals surface area (Å²) in [7, 11) is -0.699. The van der Waals surface area contributed by atoms with Gasteiger partial charge in [0.05, 0.1) is 60.0 Å². The van der Waals surface area contributed by atoms with Crippen LogP contribution in [0.2, 0.25) is 0 Å². The summed E-state index contributed by atoms with van der Waals surface area (Å²) in [6.07, 6.45) is 12.7. The first-order chi connectivity index (χ1) is 31.1. The maximum Gasteiger partial charge on any atom is 0.264 e. The summed E-state index contributed by atoms with van der Waals surface area (Å²) in [5.41, 5.74) is 13.7. The van der Waals surface area contributed by atoms with Crippen molar-refractivity contribution >= 4 is 28.3 Å². The van der Waals surface area contributed by atoms with E-state index in [0.717, 1.165) is 55.2 Å². The van der Waals surface area contributed by atoms with E-state index < -0.39 is 15.5 Å². The molecule has 4 aromatic rings. The Balaban J connectivity index is 1.33. The Bertz CT molecular complexity index is 2280. The minimum Gasteiger partial charge on any atom is -0.382 e. The quantitative estimate of drug-likeness (QED) is 0.0324. The number of hydrogen-bond donors (Lipinski definition) is 1. The van der Waals surface area contributed by atoms with Gasteiger partial charge in [-0.2, -0.15) is 8.42 Å². The average molecular weight is 883 g/mol. The van der Waals surface area contributed by atoms with E-state index in [2.05, 4.69) is 98.8 Å². The summed E-state index contributed by atoms with van der Waals surface area (Å²) in [6.45, 7) is 10.8. The largest absolute Gasteiger partial charge is 0.382 e. The molecule has 1 unspecified atom stereocenters. The molecule has 2 aliphatic carbocycles. The first-order valence-corrected chi connectivity index (χ1v) is 24.2. The van der Waals surface area contributed by atoms with Crippen LogP contribution in [0.5, 0.6) is 0 Å². The first-order valence-electron chi connectivity index (χ1n) is 23.2. The Morgan fingerprint density at radius 1 is 0.571 bits per heavy atom. The zero-order valence-electron chi connectivity index (χ0n) is 38.8. The van der Waals surface area contributed by atoms with Gasteiger partial charge in [-0.05, 0) is 100 Å². The molecule has 0 fully saturated rings. The van der Waals surface area contributed by atoms with Crippen LogP contribution in [-0.2, 0) is 49.4 Å². The Morgan fingerprint density at radius 2 is 1.00 bits per heavy atom. The SMILES string of the molecule is [3H]C=Cc1ccc2c(c1)C(CCOCCOCCOC)(CCOCCOCCOC)c1cc(/C=C/c3ccc4c(c3)C(CCCC)(CCCCS(=O)(=O)O)c3cc(C)ccc3-4)ccc1-2. The lowest BCUT2D eigenvalue weighted by Gasteiger charge is -2.33. The van der Waals surface area contributed by atoms with Crippen LogP contribution in [0.4, 0.5) is 0 Å². The minimum absolute atomic E-state index is 0.224. The molecule has 1 atom stereocenters. The number of unbranched alkanes of at least 4 members (excludes halogenated alkanes) is 2. The second-order valence-electron chi connectivity index (χ2n) is 16.9. The van der Waals surface area contributed by atoms with Gasteiger partial charge in [-0.15, -0.1) is 0 Å². The van der Waals surface area contributed by atoms with Crippen LogP contribution in [0, 0.1) is 6.92 Å². The van der Waals surface area contributed by atoms with Crippen molar-refractivity contribution in [2.45, 2.75) is 76.0 Å². The van der Waals surface area contributed by atoms with Gasteiger partial charge in [-0.1, -0.05) is 129 Å². The summed E-state index contributed by atoms with van der Waals surface area (Å²) in [5, 5.41) is 0. The summed E-state index contributed by atoms with van der Waals surface area (Å²) < 4.78 is 74.8. The highest BCUT2D eigenvalue weighted by molar-refractivity contribution is 7.85. The normalized spacial score (nSPS) is 16.4. The molecule has 9 nitrogen and oxygen atoms in total. The molecule has 63 heavy (non-hydrogen) atoms. The molecule has 0 saturated carbocycles. The Labute approximate surface area is 378 Å². The molecule has 0 aliphatic heterocycles. The molecule has 2 aliphatic rings. The van der Waals surface area contributed by atoms with E-state index in [0.29, 0.717) is 78.9 Å². The molecular formula is C53H68O9S. The molecule has 0 bridgehead atoms. The van der Waals surface area contributed by atoms with E-state index in [1.807, 2.05) is 6.08 Å². The smallest absolute Gasteiger partial charge is 0.264 e. The van der Waals surface area contributed by atoms with Gasteiger partial charge >= 0.3 is 0 Å². The van der Waals surface area contributed by atoms with Crippen LogP contribution < -0.4 is 0 Å². The first kappa shape index (κ1) is 47.0. The molecule has 0 spiro atoms. The van der Waals surface area contributed by atoms with Crippen molar-refractivity contribution in [3.8, 4) is 22.3 Å². The highest BCUT2D eigenvalue weighted by Crippen LogP contribution is 2.55. The lowest BCUT2D eigenvalue weighted by atomic mass is 9.70. The number of methoxy groups -OCH3 is 2. The van der Waals surface area contributed by atoms with Crippen molar-refractivity contribution in [1.82, 2.24) is 0 Å². The van der Waals surface area contributed by atoms with Crippen molar-refractivity contribution in [1.29, 1.82) is 0 Å². The monoisotopic (exact) mass is 882 g/mol. The maximum absolute atomic E-state index is 11.7. The summed E-state index contributed by atoms with van der Waals surface area (Å²) in [6, 6.07) is 26.8. The van der Waals surface area contributed by atoms with Crippen molar-refractivity contribution in [3.05, 3.63) is 124 Å². The predicted molar refractivity (Wildman–Crippen MR) is 255 cm³/mol. The van der Waals surface area contributed by atoms with E-state index in [-0.39, 0.29) is 11.2 Å². The second kappa shape index (κ2) is 23.3. The van der Waals surface area contributed by atoms with Gasteiger partial charge < -0.3 is 28.4 Å². The average Bonchev–Trinajstić information content (AvgIpc) is 3.70. The molecule has 4 aromatic carbocycles. The van der Waals surface area contributed by atoms with Crippen molar-refractivity contribution in [3.63, 3.8) is 0 Å². The van der Waals surface area contributed by atoms with Crippen molar-refractivity contribution in [2.75, 3.05) is 86.0 Å².